The molecule has 3 heteroatoms. The van der Waals surface area contributed by atoms with Crippen LogP contribution in [0.1, 0.15) is 37.7 Å². The van der Waals surface area contributed by atoms with E-state index >= 15 is 0 Å². The molecule has 0 atom stereocenters. The van der Waals surface area contributed by atoms with Crippen molar-refractivity contribution in [1.82, 2.24) is 15.2 Å². The number of hydrogen-bond acceptors (Lipinski definition) is 3. The van der Waals surface area contributed by atoms with Gasteiger partial charge in [0.2, 0.25) is 0 Å². The van der Waals surface area contributed by atoms with Gasteiger partial charge in [0.15, 0.2) is 0 Å². The first-order chi connectivity index (χ1) is 8.84. The van der Waals surface area contributed by atoms with E-state index in [9.17, 15) is 0 Å². The van der Waals surface area contributed by atoms with Crippen molar-refractivity contribution in [2.45, 2.75) is 44.7 Å². The molecule has 0 bridgehead atoms. The van der Waals surface area contributed by atoms with Crippen LogP contribution in [0.5, 0.6) is 0 Å². The fourth-order valence-electron chi connectivity index (χ4n) is 2.16. The molecule has 1 aliphatic carbocycles. The van der Waals surface area contributed by atoms with Crippen LogP contribution in [0.4, 0.5) is 0 Å². The van der Waals surface area contributed by atoms with E-state index in [2.05, 4.69) is 34.4 Å². The molecule has 0 unspecified atom stereocenters. The van der Waals surface area contributed by atoms with Crippen LogP contribution in [-0.4, -0.2) is 36.1 Å². The zero-order valence-corrected chi connectivity index (χ0v) is 11.4. The molecule has 0 saturated heterocycles. The van der Waals surface area contributed by atoms with E-state index in [-0.39, 0.29) is 0 Å². The SMILES string of the molecule is CN(CCCCCNC1CC1)Cc1ccncc1. The highest BCUT2D eigenvalue weighted by atomic mass is 15.1. The number of nitrogens with one attached hydrogen (secondary N) is 1. The molecule has 1 N–H and O–H groups in total. The van der Waals surface area contributed by atoms with Crippen molar-refractivity contribution in [2.75, 3.05) is 20.1 Å². The van der Waals surface area contributed by atoms with Gasteiger partial charge in [0.1, 0.15) is 0 Å². The van der Waals surface area contributed by atoms with Gasteiger partial charge in [0, 0.05) is 25.0 Å². The van der Waals surface area contributed by atoms with E-state index < -0.39 is 0 Å². The second-order valence-electron chi connectivity index (χ2n) is 5.38. The molecule has 100 valence electrons. The van der Waals surface area contributed by atoms with E-state index in [1.54, 1.807) is 0 Å². The Kier molecular flexibility index (Phi) is 5.62. The van der Waals surface area contributed by atoms with Gasteiger partial charge in [-0.15, -0.1) is 0 Å². The lowest BCUT2D eigenvalue weighted by Crippen LogP contribution is -2.20. The first kappa shape index (κ1) is 13.5. The fourth-order valence-corrected chi connectivity index (χ4v) is 2.16. The van der Waals surface area contributed by atoms with Crippen molar-refractivity contribution >= 4 is 0 Å². The molecule has 18 heavy (non-hydrogen) atoms. The molecule has 0 spiro atoms. The average molecular weight is 247 g/mol. The van der Waals surface area contributed by atoms with Gasteiger partial charge in [-0.2, -0.15) is 0 Å². The third-order valence-electron chi connectivity index (χ3n) is 3.43. The van der Waals surface area contributed by atoms with Gasteiger partial charge < -0.3 is 10.2 Å². The van der Waals surface area contributed by atoms with Crippen LogP contribution in [0.25, 0.3) is 0 Å². The van der Waals surface area contributed by atoms with Crippen LogP contribution >= 0.6 is 0 Å². The minimum Gasteiger partial charge on any atom is -0.314 e. The maximum absolute atomic E-state index is 4.04. The first-order valence-corrected chi connectivity index (χ1v) is 7.15. The largest absolute Gasteiger partial charge is 0.314 e. The summed E-state index contributed by atoms with van der Waals surface area (Å²) in [5.41, 5.74) is 1.35. The molecule has 1 aromatic rings. The van der Waals surface area contributed by atoms with Crippen LogP contribution < -0.4 is 5.32 Å². The standard InChI is InChI=1S/C15H25N3/c1-18(13-14-7-10-16-11-8-14)12-4-2-3-9-17-15-5-6-15/h7-8,10-11,15,17H,2-6,9,12-13H2,1H3. The van der Waals surface area contributed by atoms with Crippen LogP contribution in [0.15, 0.2) is 24.5 Å². The topological polar surface area (TPSA) is 28.2 Å². The van der Waals surface area contributed by atoms with Gasteiger partial charge in [-0.1, -0.05) is 6.42 Å². The summed E-state index contributed by atoms with van der Waals surface area (Å²) in [4.78, 5) is 6.43. The molecule has 0 amide bonds. The molecule has 0 aliphatic heterocycles. The van der Waals surface area contributed by atoms with E-state index in [4.69, 9.17) is 0 Å². The summed E-state index contributed by atoms with van der Waals surface area (Å²) in [5.74, 6) is 0. The second-order valence-corrected chi connectivity index (χ2v) is 5.38. The monoisotopic (exact) mass is 247 g/mol. The third kappa shape index (κ3) is 5.61. The number of nitrogens with zero attached hydrogens (tertiary/aromatic N) is 2. The highest BCUT2D eigenvalue weighted by molar-refractivity contribution is 5.09. The molecular weight excluding hydrogens is 222 g/mol. The number of aromatic nitrogens is 1. The minimum atomic E-state index is 0.861. The van der Waals surface area contributed by atoms with Gasteiger partial charge in [-0.05, 0) is 63.5 Å². The second kappa shape index (κ2) is 7.49. The number of pyridine rings is 1. The summed E-state index contributed by atoms with van der Waals surface area (Å²) in [7, 11) is 2.20. The van der Waals surface area contributed by atoms with Gasteiger partial charge in [-0.25, -0.2) is 0 Å². The van der Waals surface area contributed by atoms with Crippen LogP contribution in [0, 0.1) is 0 Å². The lowest BCUT2D eigenvalue weighted by molar-refractivity contribution is 0.317. The molecule has 0 aromatic carbocycles. The van der Waals surface area contributed by atoms with Gasteiger partial charge in [-0.3, -0.25) is 4.98 Å². The molecule has 3 nitrogen and oxygen atoms in total. The highest BCUT2D eigenvalue weighted by Gasteiger charge is 2.19. The van der Waals surface area contributed by atoms with Crippen molar-refractivity contribution < 1.29 is 0 Å². The zero-order valence-electron chi connectivity index (χ0n) is 11.4. The van der Waals surface area contributed by atoms with Crippen LogP contribution in [0.3, 0.4) is 0 Å². The predicted octanol–water partition coefficient (Wildman–Crippen LogP) is 2.44. The Morgan fingerprint density at radius 2 is 2.00 bits per heavy atom. The Labute approximate surface area is 111 Å². The molecule has 0 radical (unpaired) electrons. The normalized spacial score (nSPS) is 15.2. The van der Waals surface area contributed by atoms with Gasteiger partial charge in [0.25, 0.3) is 0 Å². The maximum atomic E-state index is 4.04. The summed E-state index contributed by atoms with van der Waals surface area (Å²) in [6, 6.07) is 5.05. The molecule has 1 saturated carbocycles. The summed E-state index contributed by atoms with van der Waals surface area (Å²) in [6.45, 7) is 3.42. The van der Waals surface area contributed by atoms with Crippen molar-refractivity contribution in [2.24, 2.45) is 0 Å². The summed E-state index contributed by atoms with van der Waals surface area (Å²) < 4.78 is 0. The maximum Gasteiger partial charge on any atom is 0.0271 e. The Morgan fingerprint density at radius 3 is 2.72 bits per heavy atom. The highest BCUT2D eigenvalue weighted by Crippen LogP contribution is 2.18. The van der Waals surface area contributed by atoms with Gasteiger partial charge >= 0.3 is 0 Å². The first-order valence-electron chi connectivity index (χ1n) is 7.15. The fraction of sp³-hybridized carbons (Fsp3) is 0.667. The number of rotatable bonds is 9. The number of hydrogen-bond donors (Lipinski definition) is 1. The number of unbranched alkanes of at least 4 members (excludes halogenated alkanes) is 2. The Hall–Kier alpha value is -0.930. The summed E-state index contributed by atoms with van der Waals surface area (Å²) in [6.07, 6.45) is 10.5. The minimum absolute atomic E-state index is 0.861. The van der Waals surface area contributed by atoms with E-state index in [1.807, 2.05) is 12.4 Å². The average Bonchev–Trinajstić information content (AvgIpc) is 3.19. The van der Waals surface area contributed by atoms with Gasteiger partial charge in [0.05, 0.1) is 0 Å². The quantitative estimate of drug-likeness (QED) is 0.679. The van der Waals surface area contributed by atoms with Crippen molar-refractivity contribution in [3.63, 3.8) is 0 Å². The van der Waals surface area contributed by atoms with Crippen molar-refractivity contribution in [3.8, 4) is 0 Å². The molecular formula is C15H25N3. The molecule has 1 aliphatic rings. The predicted molar refractivity (Wildman–Crippen MR) is 75.4 cm³/mol. The Bertz CT molecular complexity index is 322. The lowest BCUT2D eigenvalue weighted by atomic mass is 10.2. The smallest absolute Gasteiger partial charge is 0.0271 e. The van der Waals surface area contributed by atoms with E-state index in [0.717, 1.165) is 12.6 Å². The summed E-state index contributed by atoms with van der Waals surface area (Å²) in [5, 5.41) is 3.56. The Balaban J connectivity index is 1.47. The van der Waals surface area contributed by atoms with Crippen LogP contribution in [0.2, 0.25) is 0 Å². The Morgan fingerprint density at radius 1 is 1.22 bits per heavy atom. The molecule has 1 aromatic heterocycles. The van der Waals surface area contributed by atoms with Crippen LogP contribution in [-0.2, 0) is 6.54 Å². The van der Waals surface area contributed by atoms with Crippen molar-refractivity contribution in [3.05, 3.63) is 30.1 Å². The van der Waals surface area contributed by atoms with Crippen molar-refractivity contribution in [1.29, 1.82) is 0 Å². The molecule has 2 rings (SSSR count). The zero-order chi connectivity index (χ0) is 12.6. The third-order valence-corrected chi connectivity index (χ3v) is 3.43. The summed E-state index contributed by atoms with van der Waals surface area (Å²) >= 11 is 0. The lowest BCUT2D eigenvalue weighted by Gasteiger charge is -2.16. The van der Waals surface area contributed by atoms with E-state index in [1.165, 1.54) is 50.8 Å². The molecule has 1 fully saturated rings. The molecule has 1 heterocycles. The van der Waals surface area contributed by atoms with E-state index in [0.29, 0.717) is 0 Å².